The van der Waals surface area contributed by atoms with Crippen LogP contribution in [0.1, 0.15) is 11.3 Å². The summed E-state index contributed by atoms with van der Waals surface area (Å²) < 4.78 is 0.900. The van der Waals surface area contributed by atoms with Crippen LogP contribution < -0.4 is 0 Å². The fraction of sp³-hybridized carbons (Fsp3) is 0.154. The molecule has 0 fully saturated rings. The van der Waals surface area contributed by atoms with E-state index in [0.29, 0.717) is 0 Å². The molecule has 1 aromatic heterocycles. The Kier molecular flexibility index (Phi) is 3.30. The molecule has 0 atom stereocenters. The molecule has 2 aromatic rings. The average Bonchev–Trinajstić information content (AvgIpc) is 2.28. The number of benzene rings is 1. The Morgan fingerprint density at radius 3 is 2.53 bits per heavy atom. The van der Waals surface area contributed by atoms with Crippen LogP contribution in [-0.4, -0.2) is 4.98 Å². The number of aryl methyl sites for hydroxylation is 2. The number of H-pyrrole nitrogens is 1. The van der Waals surface area contributed by atoms with E-state index in [9.17, 15) is 0 Å². The maximum Gasteiger partial charge on any atom is 0.0408 e. The third-order valence-electron chi connectivity index (χ3n) is 2.36. The highest BCUT2D eigenvalue weighted by Crippen LogP contribution is 2.05. The molecule has 0 saturated heterocycles. The normalized spacial score (nSPS) is 10.1. The largest absolute Gasteiger partial charge is 0.365 e. The number of nitrogens with one attached hydrogen (secondary N) is 1. The van der Waals surface area contributed by atoms with Crippen molar-refractivity contribution in [2.24, 2.45) is 0 Å². The van der Waals surface area contributed by atoms with Crippen LogP contribution in [0.25, 0.3) is 0 Å². The predicted molar refractivity (Wildman–Crippen MR) is 65.5 cm³/mol. The molecule has 2 heteroatoms. The molecule has 0 saturated carbocycles. The van der Waals surface area contributed by atoms with Crippen molar-refractivity contribution in [3.8, 4) is 0 Å². The SMILES string of the molecule is S=c1cc[nH]c(CCc2ccccc2)c1. The standard InChI is InChI=1S/C13H13NS/c15-13-8-9-14-12(10-13)7-6-11-4-2-1-3-5-11/h1-5,8-10H,6-7H2,(H,14,15). The van der Waals surface area contributed by atoms with Gasteiger partial charge in [-0.3, -0.25) is 0 Å². The molecule has 76 valence electrons. The maximum absolute atomic E-state index is 5.11. The summed E-state index contributed by atoms with van der Waals surface area (Å²) in [6.07, 6.45) is 3.97. The quantitative estimate of drug-likeness (QED) is 0.774. The van der Waals surface area contributed by atoms with Gasteiger partial charge in [0, 0.05) is 16.4 Å². The second kappa shape index (κ2) is 4.89. The van der Waals surface area contributed by atoms with Crippen molar-refractivity contribution < 1.29 is 0 Å². The van der Waals surface area contributed by atoms with Gasteiger partial charge < -0.3 is 4.98 Å². The van der Waals surface area contributed by atoms with Gasteiger partial charge in [-0.25, -0.2) is 0 Å². The number of aromatic nitrogens is 1. The second-order valence-corrected chi connectivity index (χ2v) is 4.01. The highest BCUT2D eigenvalue weighted by atomic mass is 32.1. The molecule has 0 bridgehead atoms. The van der Waals surface area contributed by atoms with Crippen LogP contribution in [0.2, 0.25) is 0 Å². The van der Waals surface area contributed by atoms with Crippen molar-refractivity contribution in [2.75, 3.05) is 0 Å². The van der Waals surface area contributed by atoms with Crippen LogP contribution in [0, 0.1) is 4.51 Å². The molecule has 1 aromatic carbocycles. The van der Waals surface area contributed by atoms with E-state index in [1.165, 1.54) is 11.3 Å². The van der Waals surface area contributed by atoms with E-state index in [1.54, 1.807) is 0 Å². The zero-order valence-electron chi connectivity index (χ0n) is 8.44. The fourth-order valence-electron chi connectivity index (χ4n) is 1.56. The first-order chi connectivity index (χ1) is 7.34. The van der Waals surface area contributed by atoms with Gasteiger partial charge in [-0.1, -0.05) is 42.5 Å². The summed E-state index contributed by atoms with van der Waals surface area (Å²) in [7, 11) is 0. The number of pyridine rings is 1. The molecule has 0 spiro atoms. The molecule has 1 nitrogen and oxygen atoms in total. The molecule has 0 amide bonds. The van der Waals surface area contributed by atoms with E-state index in [4.69, 9.17) is 12.2 Å². The zero-order valence-corrected chi connectivity index (χ0v) is 9.26. The second-order valence-electron chi connectivity index (χ2n) is 3.54. The lowest BCUT2D eigenvalue weighted by atomic mass is 10.1. The van der Waals surface area contributed by atoms with Crippen molar-refractivity contribution in [2.45, 2.75) is 12.8 Å². The van der Waals surface area contributed by atoms with E-state index in [1.807, 2.05) is 24.4 Å². The third kappa shape index (κ3) is 3.03. The van der Waals surface area contributed by atoms with E-state index in [-0.39, 0.29) is 0 Å². The minimum atomic E-state index is 0.900. The van der Waals surface area contributed by atoms with Gasteiger partial charge in [0.25, 0.3) is 0 Å². The molecule has 15 heavy (non-hydrogen) atoms. The molecular weight excluding hydrogens is 202 g/mol. The molecule has 0 radical (unpaired) electrons. The van der Waals surface area contributed by atoms with E-state index >= 15 is 0 Å². The van der Waals surface area contributed by atoms with Crippen molar-refractivity contribution >= 4 is 12.2 Å². The Morgan fingerprint density at radius 2 is 1.80 bits per heavy atom. The zero-order chi connectivity index (χ0) is 10.5. The van der Waals surface area contributed by atoms with Gasteiger partial charge in [0.05, 0.1) is 0 Å². The van der Waals surface area contributed by atoms with Crippen molar-refractivity contribution in [1.29, 1.82) is 0 Å². The minimum absolute atomic E-state index is 0.900. The molecule has 0 aliphatic rings. The molecule has 1 N–H and O–H groups in total. The van der Waals surface area contributed by atoms with E-state index in [2.05, 4.69) is 29.2 Å². The number of hydrogen-bond acceptors (Lipinski definition) is 1. The van der Waals surface area contributed by atoms with Gasteiger partial charge in [-0.15, -0.1) is 0 Å². The van der Waals surface area contributed by atoms with Crippen LogP contribution in [0.3, 0.4) is 0 Å². The summed E-state index contributed by atoms with van der Waals surface area (Å²) >= 11 is 5.11. The number of hydrogen-bond donors (Lipinski definition) is 1. The van der Waals surface area contributed by atoms with Crippen molar-refractivity contribution in [1.82, 2.24) is 4.98 Å². The lowest BCUT2D eigenvalue weighted by Gasteiger charge is -2.01. The summed E-state index contributed by atoms with van der Waals surface area (Å²) in [6, 6.07) is 14.4. The summed E-state index contributed by atoms with van der Waals surface area (Å²) in [6.45, 7) is 0. The van der Waals surface area contributed by atoms with Gasteiger partial charge >= 0.3 is 0 Å². The highest BCUT2D eigenvalue weighted by molar-refractivity contribution is 7.71. The van der Waals surface area contributed by atoms with Gasteiger partial charge in [-0.05, 0) is 30.5 Å². The van der Waals surface area contributed by atoms with Crippen LogP contribution in [0.5, 0.6) is 0 Å². The first-order valence-corrected chi connectivity index (χ1v) is 5.47. The molecular formula is C13H13NS. The lowest BCUT2D eigenvalue weighted by molar-refractivity contribution is 0.913. The van der Waals surface area contributed by atoms with Crippen molar-refractivity contribution in [3.05, 3.63) is 64.4 Å². The Balaban J connectivity index is 2.02. The van der Waals surface area contributed by atoms with Crippen LogP contribution >= 0.6 is 12.2 Å². The van der Waals surface area contributed by atoms with Crippen molar-refractivity contribution in [3.63, 3.8) is 0 Å². The fourth-order valence-corrected chi connectivity index (χ4v) is 1.77. The first kappa shape index (κ1) is 10.1. The minimum Gasteiger partial charge on any atom is -0.365 e. The van der Waals surface area contributed by atoms with Gasteiger partial charge in [0.2, 0.25) is 0 Å². The Bertz CT molecular complexity index is 473. The van der Waals surface area contributed by atoms with Crippen LogP contribution in [0.4, 0.5) is 0 Å². The molecule has 2 rings (SSSR count). The lowest BCUT2D eigenvalue weighted by Crippen LogP contribution is -1.93. The Labute approximate surface area is 94.8 Å². The Hall–Kier alpha value is -1.41. The molecule has 0 aliphatic carbocycles. The summed E-state index contributed by atoms with van der Waals surface area (Å²) in [5.74, 6) is 0. The molecule has 0 unspecified atom stereocenters. The number of aromatic amines is 1. The molecule has 0 aliphatic heterocycles. The number of rotatable bonds is 3. The van der Waals surface area contributed by atoms with E-state index < -0.39 is 0 Å². The third-order valence-corrected chi connectivity index (χ3v) is 2.61. The van der Waals surface area contributed by atoms with Gasteiger partial charge in [0.15, 0.2) is 0 Å². The topological polar surface area (TPSA) is 15.8 Å². The summed E-state index contributed by atoms with van der Waals surface area (Å²) in [4.78, 5) is 3.21. The van der Waals surface area contributed by atoms with Crippen LogP contribution in [0.15, 0.2) is 48.7 Å². The Morgan fingerprint density at radius 1 is 1.00 bits per heavy atom. The average molecular weight is 215 g/mol. The van der Waals surface area contributed by atoms with E-state index in [0.717, 1.165) is 17.4 Å². The maximum atomic E-state index is 5.11. The summed E-state index contributed by atoms with van der Waals surface area (Å²) in [5.41, 5.74) is 2.56. The highest BCUT2D eigenvalue weighted by Gasteiger charge is 1.94. The van der Waals surface area contributed by atoms with Gasteiger partial charge in [0.1, 0.15) is 0 Å². The van der Waals surface area contributed by atoms with Crippen LogP contribution in [-0.2, 0) is 12.8 Å². The smallest absolute Gasteiger partial charge is 0.0408 e. The van der Waals surface area contributed by atoms with Gasteiger partial charge in [-0.2, -0.15) is 0 Å². The molecule has 1 heterocycles. The predicted octanol–water partition coefficient (Wildman–Crippen LogP) is 3.53. The monoisotopic (exact) mass is 215 g/mol. The first-order valence-electron chi connectivity index (χ1n) is 5.06. The summed E-state index contributed by atoms with van der Waals surface area (Å²) in [5, 5.41) is 0.